The number of methoxy groups -OCH3 is 3. The average molecular weight is 392 g/mol. The van der Waals surface area contributed by atoms with E-state index in [1.807, 2.05) is 30.3 Å². The lowest BCUT2D eigenvalue weighted by molar-refractivity contribution is 0.0960. The molecule has 1 aliphatic heterocycles. The van der Waals surface area contributed by atoms with Crippen molar-refractivity contribution in [3.8, 4) is 17.2 Å². The molecule has 0 aliphatic carbocycles. The normalized spacial score (nSPS) is 13.3. The second-order valence-corrected chi connectivity index (χ2v) is 6.40. The van der Waals surface area contributed by atoms with Gasteiger partial charge in [0.2, 0.25) is 0 Å². The van der Waals surface area contributed by atoms with E-state index in [4.69, 9.17) is 14.2 Å². The number of hydrogen-bond donors (Lipinski definition) is 0. The van der Waals surface area contributed by atoms with Gasteiger partial charge >= 0.3 is 0 Å². The van der Waals surface area contributed by atoms with Crippen molar-refractivity contribution < 1.29 is 19.0 Å². The van der Waals surface area contributed by atoms with Gasteiger partial charge in [0, 0.05) is 31.6 Å². The number of rotatable bonds is 7. The SMILES string of the molecule is COc1ccc(C(=O)CCN2CCc3cc(OC)c(OC)cc3C2)cc1.Cl. The van der Waals surface area contributed by atoms with Gasteiger partial charge in [-0.05, 0) is 53.9 Å². The van der Waals surface area contributed by atoms with E-state index in [9.17, 15) is 4.79 Å². The summed E-state index contributed by atoms with van der Waals surface area (Å²) in [6, 6.07) is 11.4. The minimum atomic E-state index is 0. The smallest absolute Gasteiger partial charge is 0.164 e. The third-order valence-corrected chi connectivity index (χ3v) is 4.86. The topological polar surface area (TPSA) is 48.0 Å². The van der Waals surface area contributed by atoms with E-state index in [1.165, 1.54) is 11.1 Å². The van der Waals surface area contributed by atoms with E-state index >= 15 is 0 Å². The van der Waals surface area contributed by atoms with E-state index in [0.717, 1.165) is 48.9 Å². The van der Waals surface area contributed by atoms with Crippen LogP contribution in [0.15, 0.2) is 36.4 Å². The summed E-state index contributed by atoms with van der Waals surface area (Å²) < 4.78 is 15.9. The van der Waals surface area contributed by atoms with Crippen molar-refractivity contribution in [3.05, 3.63) is 53.1 Å². The zero-order valence-electron chi connectivity index (χ0n) is 16.0. The highest BCUT2D eigenvalue weighted by molar-refractivity contribution is 5.96. The number of carbonyl (C=O) groups is 1. The van der Waals surface area contributed by atoms with Crippen LogP contribution < -0.4 is 14.2 Å². The molecule has 2 aromatic carbocycles. The molecule has 0 radical (unpaired) electrons. The van der Waals surface area contributed by atoms with Crippen molar-refractivity contribution in [2.24, 2.45) is 0 Å². The molecule has 1 aliphatic rings. The summed E-state index contributed by atoms with van der Waals surface area (Å²) >= 11 is 0. The Bertz CT molecular complexity index is 776. The lowest BCUT2D eigenvalue weighted by atomic mass is 9.98. The highest BCUT2D eigenvalue weighted by Gasteiger charge is 2.20. The Labute approximate surface area is 166 Å². The van der Waals surface area contributed by atoms with Gasteiger partial charge < -0.3 is 14.2 Å². The van der Waals surface area contributed by atoms with Gasteiger partial charge in [-0.25, -0.2) is 0 Å². The highest BCUT2D eigenvalue weighted by atomic mass is 35.5. The number of ether oxygens (including phenoxy) is 3. The minimum absolute atomic E-state index is 0. The van der Waals surface area contributed by atoms with Crippen LogP contribution >= 0.6 is 12.4 Å². The summed E-state index contributed by atoms with van der Waals surface area (Å²) in [5, 5.41) is 0. The van der Waals surface area contributed by atoms with E-state index in [0.29, 0.717) is 6.42 Å². The summed E-state index contributed by atoms with van der Waals surface area (Å²) in [7, 11) is 4.93. The van der Waals surface area contributed by atoms with Crippen LogP contribution in [-0.2, 0) is 13.0 Å². The van der Waals surface area contributed by atoms with E-state index < -0.39 is 0 Å². The second-order valence-electron chi connectivity index (χ2n) is 6.40. The molecule has 1 heterocycles. The second kappa shape index (κ2) is 9.62. The maximum Gasteiger partial charge on any atom is 0.164 e. The van der Waals surface area contributed by atoms with Crippen molar-refractivity contribution in [1.82, 2.24) is 4.90 Å². The molecule has 0 bridgehead atoms. The molecule has 6 heteroatoms. The number of ketones is 1. The maximum absolute atomic E-state index is 12.4. The lowest BCUT2D eigenvalue weighted by Gasteiger charge is -2.29. The van der Waals surface area contributed by atoms with Crippen LogP contribution in [0.5, 0.6) is 17.2 Å². The number of carbonyl (C=O) groups excluding carboxylic acids is 1. The summed E-state index contributed by atoms with van der Waals surface area (Å²) in [4.78, 5) is 14.7. The monoisotopic (exact) mass is 391 g/mol. The Hall–Kier alpha value is -2.24. The van der Waals surface area contributed by atoms with Gasteiger partial charge in [0.25, 0.3) is 0 Å². The van der Waals surface area contributed by atoms with Crippen LogP contribution in [0.2, 0.25) is 0 Å². The molecule has 0 spiro atoms. The third kappa shape index (κ3) is 4.93. The van der Waals surface area contributed by atoms with Gasteiger partial charge in [0.05, 0.1) is 21.3 Å². The van der Waals surface area contributed by atoms with Crippen molar-refractivity contribution in [1.29, 1.82) is 0 Å². The molecule has 0 saturated heterocycles. The fraction of sp³-hybridized carbons (Fsp3) is 0.381. The third-order valence-electron chi connectivity index (χ3n) is 4.86. The van der Waals surface area contributed by atoms with E-state index in [1.54, 1.807) is 21.3 Å². The molecule has 0 amide bonds. The molecule has 0 saturated carbocycles. The van der Waals surface area contributed by atoms with E-state index in [-0.39, 0.29) is 18.2 Å². The Morgan fingerprint density at radius 3 is 2.19 bits per heavy atom. The average Bonchev–Trinajstić information content (AvgIpc) is 2.70. The standard InChI is InChI=1S/C21H25NO4.ClH/c1-24-18-6-4-15(5-7-18)19(23)9-11-22-10-8-16-12-20(25-2)21(26-3)13-17(16)14-22;/h4-7,12-13H,8-11,14H2,1-3H3;1H. The molecule has 0 aromatic heterocycles. The molecule has 5 nitrogen and oxygen atoms in total. The van der Waals surface area contributed by atoms with Crippen LogP contribution in [0, 0.1) is 0 Å². The van der Waals surface area contributed by atoms with Crippen LogP contribution in [0.1, 0.15) is 27.9 Å². The van der Waals surface area contributed by atoms with Gasteiger partial charge in [0.1, 0.15) is 5.75 Å². The first-order valence-corrected chi connectivity index (χ1v) is 8.78. The predicted molar refractivity (Wildman–Crippen MR) is 108 cm³/mol. The number of fused-ring (bicyclic) bond motifs is 1. The first-order valence-electron chi connectivity index (χ1n) is 8.78. The Morgan fingerprint density at radius 1 is 0.963 bits per heavy atom. The van der Waals surface area contributed by atoms with Crippen molar-refractivity contribution in [2.45, 2.75) is 19.4 Å². The number of Topliss-reactive ketones (excluding diaryl/α,β-unsaturated/α-hetero) is 1. The Balaban J connectivity index is 0.00000261. The fourth-order valence-corrected chi connectivity index (χ4v) is 3.31. The van der Waals surface area contributed by atoms with Crippen LogP contribution in [0.25, 0.3) is 0 Å². The van der Waals surface area contributed by atoms with Crippen molar-refractivity contribution >= 4 is 18.2 Å². The molecular weight excluding hydrogens is 366 g/mol. The number of nitrogens with zero attached hydrogens (tertiary/aromatic N) is 1. The zero-order chi connectivity index (χ0) is 18.5. The zero-order valence-corrected chi connectivity index (χ0v) is 16.8. The molecule has 0 atom stereocenters. The first kappa shape index (κ1) is 21.1. The number of benzene rings is 2. The largest absolute Gasteiger partial charge is 0.497 e. The van der Waals surface area contributed by atoms with Crippen LogP contribution in [-0.4, -0.2) is 45.1 Å². The first-order chi connectivity index (χ1) is 12.6. The Kier molecular flexibility index (Phi) is 7.51. The molecule has 0 unspecified atom stereocenters. The molecule has 27 heavy (non-hydrogen) atoms. The lowest BCUT2D eigenvalue weighted by Crippen LogP contribution is -2.32. The van der Waals surface area contributed by atoms with Gasteiger partial charge in [-0.15, -0.1) is 12.4 Å². The number of halogens is 1. The maximum atomic E-state index is 12.4. The fourth-order valence-electron chi connectivity index (χ4n) is 3.31. The minimum Gasteiger partial charge on any atom is -0.497 e. The van der Waals surface area contributed by atoms with E-state index in [2.05, 4.69) is 11.0 Å². The highest BCUT2D eigenvalue weighted by Crippen LogP contribution is 2.33. The molecular formula is C21H26ClNO4. The molecule has 146 valence electrons. The summed E-state index contributed by atoms with van der Waals surface area (Å²) in [6.45, 7) is 2.52. The number of hydrogen-bond acceptors (Lipinski definition) is 5. The Morgan fingerprint density at radius 2 is 1.59 bits per heavy atom. The molecule has 0 fully saturated rings. The van der Waals surface area contributed by atoms with Crippen molar-refractivity contribution in [3.63, 3.8) is 0 Å². The molecule has 2 aromatic rings. The predicted octanol–water partition coefficient (Wildman–Crippen LogP) is 3.77. The molecule has 0 N–H and O–H groups in total. The summed E-state index contributed by atoms with van der Waals surface area (Å²) in [5.41, 5.74) is 3.26. The molecule has 3 rings (SSSR count). The van der Waals surface area contributed by atoms with Gasteiger partial charge in [-0.1, -0.05) is 0 Å². The summed E-state index contributed by atoms with van der Waals surface area (Å²) in [5.74, 6) is 2.45. The van der Waals surface area contributed by atoms with Gasteiger partial charge in [-0.2, -0.15) is 0 Å². The quantitative estimate of drug-likeness (QED) is 0.672. The van der Waals surface area contributed by atoms with Crippen LogP contribution in [0.3, 0.4) is 0 Å². The van der Waals surface area contributed by atoms with Gasteiger partial charge in [0.15, 0.2) is 17.3 Å². The summed E-state index contributed by atoms with van der Waals surface area (Å²) in [6.07, 6.45) is 1.46. The van der Waals surface area contributed by atoms with Crippen molar-refractivity contribution in [2.75, 3.05) is 34.4 Å². The van der Waals surface area contributed by atoms with Gasteiger partial charge in [-0.3, -0.25) is 9.69 Å². The van der Waals surface area contributed by atoms with Crippen LogP contribution in [0.4, 0.5) is 0 Å².